The molecule has 5 aromatic rings. The molecular formula is C31H29N4PS. The van der Waals surface area contributed by atoms with Gasteiger partial charge in [-0.25, -0.2) is 4.78 Å². The summed E-state index contributed by atoms with van der Waals surface area (Å²) < 4.78 is 6.78. The summed E-state index contributed by atoms with van der Waals surface area (Å²) in [5.41, 5.74) is 9.13. The molecule has 0 saturated carbocycles. The molecule has 184 valence electrons. The molecule has 0 spiro atoms. The molecule has 1 aliphatic heterocycles. The van der Waals surface area contributed by atoms with Crippen LogP contribution >= 0.6 is 6.19 Å². The fraction of sp³-hybridized carbons (Fsp3) is 0.129. The van der Waals surface area contributed by atoms with Crippen molar-refractivity contribution in [3.05, 3.63) is 125 Å². The SMILES string of the molecule is Cc1cc(P2(=S)c3c(c(C)n(-c4ccccc4)c3C)C=NN2c2ccccc2)c(C)n1-c1ccccc1. The monoisotopic (exact) mass is 520 g/mol. The normalized spacial score (nSPS) is 16.7. The van der Waals surface area contributed by atoms with Crippen molar-refractivity contribution in [3.63, 3.8) is 0 Å². The Morgan fingerprint density at radius 3 is 1.70 bits per heavy atom. The van der Waals surface area contributed by atoms with Crippen LogP contribution in [0.3, 0.4) is 0 Å². The lowest BCUT2D eigenvalue weighted by Gasteiger charge is -2.36. The fourth-order valence-corrected chi connectivity index (χ4v) is 10.6. The summed E-state index contributed by atoms with van der Waals surface area (Å²) in [5.74, 6) is 0. The maximum atomic E-state index is 6.90. The third kappa shape index (κ3) is 3.57. The van der Waals surface area contributed by atoms with Crippen LogP contribution < -0.4 is 15.4 Å². The molecule has 6 heteroatoms. The van der Waals surface area contributed by atoms with E-state index in [1.165, 1.54) is 33.4 Å². The number of fused-ring (bicyclic) bond motifs is 1. The predicted molar refractivity (Wildman–Crippen MR) is 161 cm³/mol. The van der Waals surface area contributed by atoms with Crippen molar-refractivity contribution in [1.29, 1.82) is 0 Å². The highest BCUT2D eigenvalue weighted by Crippen LogP contribution is 2.55. The predicted octanol–water partition coefficient (Wildman–Crippen LogP) is 6.70. The molecule has 0 saturated heterocycles. The van der Waals surface area contributed by atoms with Gasteiger partial charge in [0.25, 0.3) is 0 Å². The molecule has 2 aromatic heterocycles. The number of nitrogens with zero attached hydrogens (tertiary/aromatic N) is 4. The Morgan fingerprint density at radius 1 is 0.622 bits per heavy atom. The van der Waals surface area contributed by atoms with Crippen LogP contribution in [0.25, 0.3) is 11.4 Å². The number of aryl methyl sites for hydroxylation is 1. The highest BCUT2D eigenvalue weighted by molar-refractivity contribution is 8.22. The van der Waals surface area contributed by atoms with E-state index in [0.29, 0.717) is 0 Å². The lowest BCUT2D eigenvalue weighted by Crippen LogP contribution is -2.35. The highest BCUT2D eigenvalue weighted by Gasteiger charge is 2.41. The van der Waals surface area contributed by atoms with E-state index in [0.717, 1.165) is 22.6 Å². The van der Waals surface area contributed by atoms with E-state index in [2.05, 4.69) is 133 Å². The second-order valence-electron chi connectivity index (χ2n) is 9.48. The average molecular weight is 521 g/mol. The number of benzene rings is 3. The number of hydrogen-bond donors (Lipinski definition) is 0. The number of para-hydroxylation sites is 3. The second kappa shape index (κ2) is 9.02. The Hall–Kier alpha value is -3.66. The molecule has 1 unspecified atom stereocenters. The van der Waals surface area contributed by atoms with Crippen LogP contribution in [0.1, 0.15) is 28.3 Å². The Kier molecular flexibility index (Phi) is 5.78. The summed E-state index contributed by atoms with van der Waals surface area (Å²) in [7, 11) is 0. The quantitative estimate of drug-likeness (QED) is 0.246. The highest BCUT2D eigenvalue weighted by atomic mass is 32.4. The summed E-state index contributed by atoms with van der Waals surface area (Å²) >= 11 is 6.90. The molecule has 0 fully saturated rings. The molecule has 1 aliphatic rings. The third-order valence-corrected chi connectivity index (χ3v) is 12.0. The van der Waals surface area contributed by atoms with Crippen molar-refractivity contribution in [2.24, 2.45) is 5.10 Å². The van der Waals surface area contributed by atoms with Crippen LogP contribution in [0.5, 0.6) is 0 Å². The van der Waals surface area contributed by atoms with Crippen molar-refractivity contribution >= 4 is 40.5 Å². The largest absolute Gasteiger partial charge is 0.318 e. The van der Waals surface area contributed by atoms with Crippen LogP contribution in [-0.2, 0) is 11.8 Å². The summed E-state index contributed by atoms with van der Waals surface area (Å²) in [4.78, 5) is 0. The zero-order valence-electron chi connectivity index (χ0n) is 21.5. The number of aromatic nitrogens is 2. The summed E-state index contributed by atoms with van der Waals surface area (Å²) in [5, 5.41) is 7.46. The molecule has 37 heavy (non-hydrogen) atoms. The van der Waals surface area contributed by atoms with Crippen molar-refractivity contribution in [1.82, 2.24) is 9.13 Å². The van der Waals surface area contributed by atoms with Gasteiger partial charge in [-0.2, -0.15) is 5.10 Å². The van der Waals surface area contributed by atoms with E-state index in [-0.39, 0.29) is 0 Å². The van der Waals surface area contributed by atoms with Crippen LogP contribution in [0.2, 0.25) is 0 Å². The minimum Gasteiger partial charge on any atom is -0.318 e. The zero-order chi connectivity index (χ0) is 25.7. The lowest BCUT2D eigenvalue weighted by atomic mass is 10.2. The van der Waals surface area contributed by atoms with Gasteiger partial charge in [-0.3, -0.25) is 0 Å². The van der Waals surface area contributed by atoms with Crippen LogP contribution in [0.4, 0.5) is 5.69 Å². The van der Waals surface area contributed by atoms with Crippen molar-refractivity contribution in [2.45, 2.75) is 27.7 Å². The molecule has 1 atom stereocenters. The molecule has 0 aliphatic carbocycles. The first-order valence-corrected chi connectivity index (χ1v) is 15.2. The van der Waals surface area contributed by atoms with E-state index in [1.54, 1.807) is 0 Å². The van der Waals surface area contributed by atoms with Gasteiger partial charge in [0.05, 0.1) is 11.9 Å². The Balaban J connectivity index is 1.67. The fourth-order valence-electron chi connectivity index (χ4n) is 5.67. The first kappa shape index (κ1) is 23.7. The molecule has 6 rings (SSSR count). The van der Waals surface area contributed by atoms with Crippen LogP contribution in [-0.4, -0.2) is 15.3 Å². The second-order valence-corrected chi connectivity index (χ2v) is 13.5. The van der Waals surface area contributed by atoms with Gasteiger partial charge in [0, 0.05) is 50.3 Å². The molecule has 0 bridgehead atoms. The van der Waals surface area contributed by atoms with Crippen molar-refractivity contribution < 1.29 is 0 Å². The van der Waals surface area contributed by atoms with Gasteiger partial charge < -0.3 is 9.13 Å². The molecular weight excluding hydrogens is 491 g/mol. The van der Waals surface area contributed by atoms with Gasteiger partial charge in [-0.05, 0) is 70.2 Å². The lowest BCUT2D eigenvalue weighted by molar-refractivity contribution is 0.968. The van der Waals surface area contributed by atoms with Crippen molar-refractivity contribution in [3.8, 4) is 11.4 Å². The maximum Gasteiger partial charge on any atom is 0.119 e. The van der Waals surface area contributed by atoms with Gasteiger partial charge in [0.15, 0.2) is 0 Å². The van der Waals surface area contributed by atoms with E-state index in [4.69, 9.17) is 16.9 Å². The Bertz CT molecular complexity index is 1680. The van der Waals surface area contributed by atoms with E-state index >= 15 is 0 Å². The van der Waals surface area contributed by atoms with Gasteiger partial charge >= 0.3 is 0 Å². The number of rotatable bonds is 4. The molecule has 3 aromatic carbocycles. The Morgan fingerprint density at radius 2 is 1.14 bits per heavy atom. The van der Waals surface area contributed by atoms with Crippen LogP contribution in [0.15, 0.2) is 102 Å². The van der Waals surface area contributed by atoms with Gasteiger partial charge in [0.1, 0.15) is 6.19 Å². The Labute approximate surface area is 223 Å². The smallest absolute Gasteiger partial charge is 0.119 e. The van der Waals surface area contributed by atoms with Gasteiger partial charge in [-0.1, -0.05) is 66.4 Å². The topological polar surface area (TPSA) is 25.5 Å². The molecule has 0 radical (unpaired) electrons. The van der Waals surface area contributed by atoms with Crippen LogP contribution in [0, 0.1) is 27.7 Å². The average Bonchev–Trinajstić information content (AvgIpc) is 3.37. The molecule has 4 nitrogen and oxygen atoms in total. The maximum absolute atomic E-state index is 6.90. The van der Waals surface area contributed by atoms with E-state index < -0.39 is 6.19 Å². The van der Waals surface area contributed by atoms with E-state index in [1.807, 2.05) is 12.3 Å². The first-order chi connectivity index (χ1) is 17.9. The van der Waals surface area contributed by atoms with Gasteiger partial charge in [-0.15, -0.1) is 0 Å². The summed E-state index contributed by atoms with van der Waals surface area (Å²) in [6, 6.07) is 33.7. The summed E-state index contributed by atoms with van der Waals surface area (Å²) in [6.07, 6.45) is -0.584. The zero-order valence-corrected chi connectivity index (χ0v) is 23.2. The standard InChI is InChI=1S/C31H29N4PS/c1-22-20-30(24(3)33(22)26-14-8-5-9-15-26)36(37)31-25(4)34(27-16-10-6-11-17-27)23(2)29(31)21-32-35(36)28-18-12-7-13-19-28/h5-21H,1-4H3. The van der Waals surface area contributed by atoms with E-state index in [9.17, 15) is 0 Å². The third-order valence-electron chi connectivity index (χ3n) is 7.27. The minimum absolute atomic E-state index is 1.02. The molecule has 0 amide bonds. The number of hydrogen-bond acceptors (Lipinski definition) is 2. The summed E-state index contributed by atoms with van der Waals surface area (Å²) in [6.45, 7) is 8.74. The van der Waals surface area contributed by atoms with Crippen molar-refractivity contribution in [2.75, 3.05) is 4.78 Å². The van der Waals surface area contributed by atoms with Gasteiger partial charge in [0.2, 0.25) is 0 Å². The number of hydrazone groups is 1. The minimum atomic E-state index is -2.59. The number of anilines is 1. The molecule has 3 heterocycles. The first-order valence-electron chi connectivity index (χ1n) is 12.5. The molecule has 0 N–H and O–H groups in total.